The number of aromatic nitrogens is 2. The zero-order valence-electron chi connectivity index (χ0n) is 16.5. The number of rotatable bonds is 7. The minimum Gasteiger partial charge on any atom is -0.497 e. The Balaban J connectivity index is 1.58. The summed E-state index contributed by atoms with van der Waals surface area (Å²) in [6, 6.07) is 13.6. The van der Waals surface area contributed by atoms with E-state index in [1.807, 2.05) is 7.05 Å². The maximum Gasteiger partial charge on any atom is 0.286 e. The van der Waals surface area contributed by atoms with Gasteiger partial charge in [-0.15, -0.1) is 10.2 Å². The average molecular weight is 397 g/mol. The Morgan fingerprint density at radius 1 is 1.11 bits per heavy atom. The molecule has 3 rings (SSSR count). The molecule has 146 valence electrons. The predicted octanol–water partition coefficient (Wildman–Crippen LogP) is 4.05. The summed E-state index contributed by atoms with van der Waals surface area (Å²) >= 11 is 1.31. The Morgan fingerprint density at radius 3 is 2.54 bits per heavy atom. The van der Waals surface area contributed by atoms with E-state index in [9.17, 15) is 4.79 Å². The second-order valence-corrected chi connectivity index (χ2v) is 7.85. The molecule has 0 aliphatic heterocycles. The second-order valence-electron chi connectivity index (χ2n) is 6.79. The molecule has 0 fully saturated rings. The Morgan fingerprint density at radius 2 is 1.86 bits per heavy atom. The van der Waals surface area contributed by atoms with E-state index in [-0.39, 0.29) is 5.91 Å². The van der Waals surface area contributed by atoms with Crippen molar-refractivity contribution in [2.24, 2.45) is 0 Å². The van der Waals surface area contributed by atoms with Crippen LogP contribution in [0.5, 0.6) is 5.75 Å². The Kier molecular flexibility index (Phi) is 6.38. The summed E-state index contributed by atoms with van der Waals surface area (Å²) in [5, 5.41) is 12.2. The van der Waals surface area contributed by atoms with Crippen molar-refractivity contribution in [2.45, 2.75) is 26.9 Å². The first-order valence-corrected chi connectivity index (χ1v) is 9.78. The molecule has 0 saturated carbocycles. The summed E-state index contributed by atoms with van der Waals surface area (Å²) < 4.78 is 5.12. The molecule has 0 aliphatic rings. The van der Waals surface area contributed by atoms with E-state index in [1.54, 1.807) is 31.4 Å². The number of carbonyl (C=O) groups is 1. The fraction of sp³-hybridized carbons (Fsp3) is 0.286. The number of amides is 1. The van der Waals surface area contributed by atoms with Gasteiger partial charge < -0.3 is 10.1 Å². The van der Waals surface area contributed by atoms with Crippen molar-refractivity contribution in [3.63, 3.8) is 0 Å². The van der Waals surface area contributed by atoms with Crippen molar-refractivity contribution in [1.29, 1.82) is 0 Å². The van der Waals surface area contributed by atoms with Gasteiger partial charge in [0, 0.05) is 12.2 Å². The van der Waals surface area contributed by atoms with Gasteiger partial charge in [-0.2, -0.15) is 0 Å². The van der Waals surface area contributed by atoms with E-state index in [0.717, 1.165) is 17.3 Å². The van der Waals surface area contributed by atoms with Gasteiger partial charge in [-0.1, -0.05) is 35.1 Å². The van der Waals surface area contributed by atoms with Gasteiger partial charge in [0.25, 0.3) is 5.91 Å². The number of hydrogen-bond acceptors (Lipinski definition) is 6. The van der Waals surface area contributed by atoms with Crippen LogP contribution in [0.3, 0.4) is 0 Å². The molecular weight excluding hydrogens is 372 g/mol. The fourth-order valence-corrected chi connectivity index (χ4v) is 3.68. The van der Waals surface area contributed by atoms with Crippen molar-refractivity contribution in [2.75, 3.05) is 19.5 Å². The average Bonchev–Trinajstić information content (AvgIpc) is 3.13. The number of benzene rings is 2. The maximum absolute atomic E-state index is 12.4. The maximum atomic E-state index is 12.4. The minimum atomic E-state index is -0.258. The van der Waals surface area contributed by atoms with Gasteiger partial charge >= 0.3 is 0 Å². The Bertz CT molecular complexity index is 953. The van der Waals surface area contributed by atoms with Crippen molar-refractivity contribution < 1.29 is 9.53 Å². The monoisotopic (exact) mass is 396 g/mol. The van der Waals surface area contributed by atoms with Crippen molar-refractivity contribution >= 4 is 22.9 Å². The minimum absolute atomic E-state index is 0.258. The van der Waals surface area contributed by atoms with Crippen LogP contribution in [-0.4, -0.2) is 35.2 Å². The summed E-state index contributed by atoms with van der Waals surface area (Å²) in [6.45, 7) is 5.68. The lowest BCUT2D eigenvalue weighted by Gasteiger charge is -2.16. The smallest absolute Gasteiger partial charge is 0.286 e. The van der Waals surface area contributed by atoms with E-state index in [4.69, 9.17) is 4.74 Å². The third kappa shape index (κ3) is 5.15. The van der Waals surface area contributed by atoms with E-state index < -0.39 is 0 Å². The van der Waals surface area contributed by atoms with Gasteiger partial charge in [0.2, 0.25) is 5.01 Å². The van der Waals surface area contributed by atoms with Gasteiger partial charge in [0.05, 0.1) is 13.7 Å². The zero-order chi connectivity index (χ0) is 20.1. The molecule has 1 heterocycles. The van der Waals surface area contributed by atoms with Crippen LogP contribution in [0, 0.1) is 13.8 Å². The molecule has 1 N–H and O–H groups in total. The number of carbonyl (C=O) groups excluding carboxylic acids is 1. The van der Waals surface area contributed by atoms with Crippen LogP contribution >= 0.6 is 11.3 Å². The van der Waals surface area contributed by atoms with E-state index >= 15 is 0 Å². The molecule has 0 aliphatic carbocycles. The molecule has 0 spiro atoms. The number of ether oxygens (including phenoxy) is 1. The van der Waals surface area contributed by atoms with Gasteiger partial charge in [-0.3, -0.25) is 9.69 Å². The van der Waals surface area contributed by atoms with Gasteiger partial charge in [0.1, 0.15) is 10.8 Å². The number of nitrogens with one attached hydrogen (secondary N) is 1. The van der Waals surface area contributed by atoms with Crippen LogP contribution in [-0.2, 0) is 13.1 Å². The van der Waals surface area contributed by atoms with Crippen molar-refractivity contribution in [1.82, 2.24) is 15.1 Å². The highest BCUT2D eigenvalue weighted by Gasteiger charge is 2.15. The Hall–Kier alpha value is -2.77. The summed E-state index contributed by atoms with van der Waals surface area (Å²) in [4.78, 5) is 14.6. The fourth-order valence-electron chi connectivity index (χ4n) is 2.87. The molecule has 2 aromatic carbocycles. The van der Waals surface area contributed by atoms with Crippen LogP contribution < -0.4 is 10.1 Å². The normalized spacial score (nSPS) is 10.9. The lowest BCUT2D eigenvalue weighted by atomic mass is 10.1. The largest absolute Gasteiger partial charge is 0.497 e. The second kappa shape index (κ2) is 8.95. The first-order chi connectivity index (χ1) is 13.4. The zero-order valence-corrected chi connectivity index (χ0v) is 17.3. The van der Waals surface area contributed by atoms with Crippen LogP contribution in [0.15, 0.2) is 42.5 Å². The van der Waals surface area contributed by atoms with Gasteiger partial charge in [-0.05, 0) is 56.3 Å². The highest BCUT2D eigenvalue weighted by molar-refractivity contribution is 7.13. The Labute approximate surface area is 169 Å². The number of nitrogens with zero attached hydrogens (tertiary/aromatic N) is 3. The summed E-state index contributed by atoms with van der Waals surface area (Å²) in [5.41, 5.74) is 4.52. The van der Waals surface area contributed by atoms with Gasteiger partial charge in [-0.25, -0.2) is 0 Å². The molecule has 28 heavy (non-hydrogen) atoms. The molecule has 0 saturated heterocycles. The van der Waals surface area contributed by atoms with E-state index in [2.05, 4.69) is 52.5 Å². The van der Waals surface area contributed by atoms with E-state index in [0.29, 0.717) is 17.2 Å². The van der Waals surface area contributed by atoms with Crippen LogP contribution in [0.1, 0.15) is 31.5 Å². The third-order valence-electron chi connectivity index (χ3n) is 4.35. The highest BCUT2D eigenvalue weighted by Crippen LogP contribution is 2.19. The standard InChI is InChI=1S/C21H24N4O2S/c1-14-5-6-16(15(2)11-14)12-25(3)13-19-23-24-21(28-19)20(26)22-17-7-9-18(27-4)10-8-17/h5-11H,12-13H2,1-4H3,(H,22,26). The molecule has 6 nitrogen and oxygen atoms in total. The highest BCUT2D eigenvalue weighted by atomic mass is 32.1. The topological polar surface area (TPSA) is 67.3 Å². The van der Waals surface area contributed by atoms with Crippen LogP contribution in [0.25, 0.3) is 0 Å². The first kappa shape index (κ1) is 20.0. The molecule has 0 bridgehead atoms. The quantitative estimate of drug-likeness (QED) is 0.653. The van der Waals surface area contributed by atoms with E-state index in [1.165, 1.54) is 28.0 Å². The number of hydrogen-bond donors (Lipinski definition) is 1. The summed E-state index contributed by atoms with van der Waals surface area (Å²) in [7, 11) is 3.64. The predicted molar refractivity (Wildman–Crippen MR) is 112 cm³/mol. The summed E-state index contributed by atoms with van der Waals surface area (Å²) in [5.74, 6) is 0.481. The SMILES string of the molecule is COc1ccc(NC(=O)c2nnc(CN(C)Cc3ccc(C)cc3C)s2)cc1. The van der Waals surface area contributed by atoms with Crippen molar-refractivity contribution in [3.05, 3.63) is 69.2 Å². The van der Waals surface area contributed by atoms with Crippen LogP contribution in [0.4, 0.5) is 5.69 Å². The molecule has 1 aromatic heterocycles. The van der Waals surface area contributed by atoms with Crippen molar-refractivity contribution in [3.8, 4) is 5.75 Å². The van der Waals surface area contributed by atoms with Gasteiger partial charge in [0.15, 0.2) is 0 Å². The number of anilines is 1. The number of methoxy groups -OCH3 is 1. The molecular formula is C21H24N4O2S. The lowest BCUT2D eigenvalue weighted by Crippen LogP contribution is -2.17. The third-order valence-corrected chi connectivity index (χ3v) is 5.26. The number of aryl methyl sites for hydroxylation is 2. The molecule has 0 atom stereocenters. The van der Waals surface area contributed by atoms with Crippen LogP contribution in [0.2, 0.25) is 0 Å². The first-order valence-electron chi connectivity index (χ1n) is 8.97. The molecule has 3 aromatic rings. The molecule has 7 heteroatoms. The molecule has 0 radical (unpaired) electrons. The molecule has 1 amide bonds. The summed E-state index contributed by atoms with van der Waals surface area (Å²) in [6.07, 6.45) is 0. The lowest BCUT2D eigenvalue weighted by molar-refractivity contribution is 0.102. The molecule has 0 unspecified atom stereocenters.